The molecule has 0 fully saturated rings. The Labute approximate surface area is 159 Å². The van der Waals surface area contributed by atoms with Crippen LogP contribution in [0.25, 0.3) is 0 Å². The molecule has 0 aliphatic rings. The van der Waals surface area contributed by atoms with E-state index in [9.17, 15) is 18.0 Å². The number of pyridine rings is 1. The Hall–Kier alpha value is -2.52. The van der Waals surface area contributed by atoms with Crippen molar-refractivity contribution in [3.63, 3.8) is 0 Å². The predicted molar refractivity (Wildman–Crippen MR) is 103 cm³/mol. The first-order valence-electron chi connectivity index (χ1n) is 8.28. The van der Waals surface area contributed by atoms with Gasteiger partial charge in [0.25, 0.3) is 0 Å². The van der Waals surface area contributed by atoms with Crippen molar-refractivity contribution < 1.29 is 23.1 Å². The van der Waals surface area contributed by atoms with Gasteiger partial charge in [-0.25, -0.2) is 13.2 Å². The summed E-state index contributed by atoms with van der Waals surface area (Å²) >= 11 is 0. The van der Waals surface area contributed by atoms with E-state index in [1.807, 2.05) is 0 Å². The average Bonchev–Trinajstić information content (AvgIpc) is 2.60. The van der Waals surface area contributed by atoms with Crippen LogP contribution in [0.3, 0.4) is 0 Å². The molecule has 0 aromatic carbocycles. The van der Waals surface area contributed by atoms with Gasteiger partial charge in [0.2, 0.25) is 5.91 Å². The minimum absolute atomic E-state index is 0.0840. The van der Waals surface area contributed by atoms with Gasteiger partial charge in [0.05, 0.1) is 23.1 Å². The Morgan fingerprint density at radius 3 is 2.48 bits per heavy atom. The number of carbonyl (C=O) groups excluding carboxylic acids is 1. The summed E-state index contributed by atoms with van der Waals surface area (Å²) in [4.78, 5) is 29.4. The number of carboxylic acid groups (broad SMARTS) is 1. The molecule has 1 rings (SSSR count). The summed E-state index contributed by atoms with van der Waals surface area (Å²) in [6.45, 7) is 7.96. The molecule has 0 saturated carbocycles. The maximum Gasteiger partial charge on any atom is 0.335 e. The number of nitrogens with one attached hydrogen (secondary N) is 1. The van der Waals surface area contributed by atoms with E-state index < -0.39 is 21.8 Å². The number of hydrogen-bond acceptors (Lipinski definition) is 6. The van der Waals surface area contributed by atoms with E-state index in [4.69, 9.17) is 5.11 Å². The van der Waals surface area contributed by atoms with Crippen molar-refractivity contribution in [3.8, 4) is 0 Å². The van der Waals surface area contributed by atoms with Crippen LogP contribution in [0.4, 0.5) is 0 Å². The lowest BCUT2D eigenvalue weighted by atomic mass is 10.1. The SMILES string of the molecule is C=CCN(CC=C)C(=O)[C@H](CCS(C)(=O)=O)NCc1cc(C(=O)O)ccn1. The number of nitrogens with zero attached hydrogens (tertiary/aromatic N) is 2. The lowest BCUT2D eigenvalue weighted by Crippen LogP contribution is -2.47. The number of aromatic nitrogens is 1. The van der Waals surface area contributed by atoms with Gasteiger partial charge in [-0.2, -0.15) is 0 Å². The van der Waals surface area contributed by atoms with Gasteiger partial charge >= 0.3 is 5.97 Å². The Balaban J connectivity index is 2.94. The summed E-state index contributed by atoms with van der Waals surface area (Å²) in [6, 6.07) is 2.00. The van der Waals surface area contributed by atoms with Crippen LogP contribution in [-0.2, 0) is 21.2 Å². The molecular formula is C18H25N3O5S. The smallest absolute Gasteiger partial charge is 0.335 e. The highest BCUT2D eigenvalue weighted by molar-refractivity contribution is 7.90. The van der Waals surface area contributed by atoms with Gasteiger partial charge in [-0.1, -0.05) is 12.2 Å². The quantitative estimate of drug-likeness (QED) is 0.504. The maximum absolute atomic E-state index is 12.8. The fourth-order valence-electron chi connectivity index (χ4n) is 2.37. The molecule has 1 heterocycles. The van der Waals surface area contributed by atoms with Crippen molar-refractivity contribution in [2.24, 2.45) is 0 Å². The highest BCUT2D eigenvalue weighted by Gasteiger charge is 2.24. The minimum Gasteiger partial charge on any atom is -0.478 e. The van der Waals surface area contributed by atoms with Crippen LogP contribution in [0.15, 0.2) is 43.6 Å². The third-order valence-corrected chi connectivity index (χ3v) is 4.66. The highest BCUT2D eigenvalue weighted by atomic mass is 32.2. The van der Waals surface area contributed by atoms with Crippen LogP contribution >= 0.6 is 0 Å². The Morgan fingerprint density at radius 1 is 1.33 bits per heavy atom. The molecule has 1 amide bonds. The van der Waals surface area contributed by atoms with Crippen molar-refractivity contribution >= 4 is 21.7 Å². The van der Waals surface area contributed by atoms with E-state index in [0.717, 1.165) is 6.26 Å². The predicted octanol–water partition coefficient (Wildman–Crippen LogP) is 0.873. The fraction of sp³-hybridized carbons (Fsp3) is 0.389. The molecular weight excluding hydrogens is 370 g/mol. The molecule has 148 valence electrons. The van der Waals surface area contributed by atoms with Crippen LogP contribution in [0.1, 0.15) is 22.5 Å². The molecule has 0 aliphatic heterocycles. The highest BCUT2D eigenvalue weighted by Crippen LogP contribution is 2.07. The van der Waals surface area contributed by atoms with Gasteiger partial charge in [-0.3, -0.25) is 9.78 Å². The first kappa shape index (κ1) is 22.5. The zero-order valence-electron chi connectivity index (χ0n) is 15.3. The standard InChI is InChI=1S/C18H25N3O5S/c1-4-9-21(10-5-2)17(22)16(7-11-27(3,25)26)20-13-15-12-14(18(23)24)6-8-19-15/h4-6,8,12,16,20H,1-2,7,9-11,13H2,3H3,(H,23,24)/t16-/m0/s1. The number of sulfone groups is 1. The van der Waals surface area contributed by atoms with Gasteiger partial charge in [-0.05, 0) is 18.6 Å². The van der Waals surface area contributed by atoms with Gasteiger partial charge in [-0.15, -0.1) is 13.2 Å². The molecule has 9 heteroatoms. The van der Waals surface area contributed by atoms with Gasteiger partial charge in [0.15, 0.2) is 0 Å². The second kappa shape index (κ2) is 10.6. The lowest BCUT2D eigenvalue weighted by molar-refractivity contribution is -0.132. The van der Waals surface area contributed by atoms with E-state index in [1.165, 1.54) is 23.2 Å². The molecule has 0 saturated heterocycles. The summed E-state index contributed by atoms with van der Waals surface area (Å²) in [5.41, 5.74) is 0.520. The first-order valence-corrected chi connectivity index (χ1v) is 10.3. The molecule has 0 aliphatic carbocycles. The Bertz CT molecular complexity index is 782. The van der Waals surface area contributed by atoms with E-state index in [0.29, 0.717) is 18.8 Å². The Kier molecular flexibility index (Phi) is 8.83. The second-order valence-electron chi connectivity index (χ2n) is 6.01. The van der Waals surface area contributed by atoms with Crippen LogP contribution in [0.2, 0.25) is 0 Å². The number of aromatic carboxylic acids is 1. The number of carbonyl (C=O) groups is 2. The molecule has 8 nitrogen and oxygen atoms in total. The normalized spacial score (nSPS) is 12.2. The van der Waals surface area contributed by atoms with Crippen LogP contribution in [0.5, 0.6) is 0 Å². The van der Waals surface area contributed by atoms with E-state index in [1.54, 1.807) is 12.2 Å². The summed E-state index contributed by atoms with van der Waals surface area (Å²) in [5, 5.41) is 12.0. The molecule has 0 radical (unpaired) electrons. The molecule has 1 atom stereocenters. The molecule has 2 N–H and O–H groups in total. The summed E-state index contributed by atoms with van der Waals surface area (Å²) in [7, 11) is -3.25. The molecule has 0 unspecified atom stereocenters. The van der Waals surface area contributed by atoms with Crippen molar-refractivity contribution in [2.75, 3.05) is 25.1 Å². The summed E-state index contributed by atoms with van der Waals surface area (Å²) < 4.78 is 23.0. The number of amides is 1. The van der Waals surface area contributed by atoms with Crippen molar-refractivity contribution in [3.05, 3.63) is 54.9 Å². The second-order valence-corrected chi connectivity index (χ2v) is 8.27. The van der Waals surface area contributed by atoms with Gasteiger partial charge in [0.1, 0.15) is 9.84 Å². The molecule has 0 spiro atoms. The summed E-state index contributed by atoms with van der Waals surface area (Å²) in [5.74, 6) is -1.52. The Morgan fingerprint density at radius 2 is 1.96 bits per heavy atom. The van der Waals surface area contributed by atoms with E-state index in [-0.39, 0.29) is 30.2 Å². The van der Waals surface area contributed by atoms with E-state index in [2.05, 4.69) is 23.5 Å². The monoisotopic (exact) mass is 395 g/mol. The molecule has 27 heavy (non-hydrogen) atoms. The van der Waals surface area contributed by atoms with Gasteiger partial charge in [0, 0.05) is 32.1 Å². The molecule has 1 aromatic rings. The van der Waals surface area contributed by atoms with Crippen LogP contribution in [-0.4, -0.2) is 66.4 Å². The third kappa shape index (κ3) is 8.14. The zero-order chi connectivity index (χ0) is 20.4. The van der Waals surface area contributed by atoms with Crippen LogP contribution < -0.4 is 5.32 Å². The zero-order valence-corrected chi connectivity index (χ0v) is 16.1. The first-order chi connectivity index (χ1) is 12.7. The number of hydrogen-bond donors (Lipinski definition) is 2. The maximum atomic E-state index is 12.8. The van der Waals surface area contributed by atoms with E-state index >= 15 is 0 Å². The van der Waals surface area contributed by atoms with Crippen molar-refractivity contribution in [1.29, 1.82) is 0 Å². The van der Waals surface area contributed by atoms with Gasteiger partial charge < -0.3 is 15.3 Å². The average molecular weight is 395 g/mol. The lowest BCUT2D eigenvalue weighted by Gasteiger charge is -2.26. The minimum atomic E-state index is -3.25. The largest absolute Gasteiger partial charge is 0.478 e. The number of rotatable bonds is 12. The molecule has 1 aromatic heterocycles. The van der Waals surface area contributed by atoms with Crippen molar-refractivity contribution in [1.82, 2.24) is 15.2 Å². The van der Waals surface area contributed by atoms with Crippen molar-refractivity contribution in [2.45, 2.75) is 19.0 Å². The summed E-state index contributed by atoms with van der Waals surface area (Å²) in [6.07, 6.45) is 5.72. The number of carboxylic acids is 1. The topological polar surface area (TPSA) is 117 Å². The third-order valence-electron chi connectivity index (χ3n) is 3.68. The van der Waals surface area contributed by atoms with Crippen LogP contribution in [0, 0.1) is 0 Å². The molecule has 0 bridgehead atoms. The fourth-order valence-corrected chi connectivity index (χ4v) is 3.03.